The number of aliphatic imine (C=N–C) groups is 1. The number of hydrogen-bond donors (Lipinski definition) is 2. The second kappa shape index (κ2) is 5.84. The van der Waals surface area contributed by atoms with Gasteiger partial charge in [0.25, 0.3) is 0 Å². The minimum Gasteiger partial charge on any atom is -0.382 e. The molecule has 0 saturated heterocycles. The van der Waals surface area contributed by atoms with E-state index in [4.69, 9.17) is 5.73 Å². The number of nitrogens with two attached hydrogens (primary N) is 1. The molecule has 3 aromatic rings. The highest BCUT2D eigenvalue weighted by Crippen LogP contribution is 2.16. The van der Waals surface area contributed by atoms with Gasteiger partial charge in [-0.2, -0.15) is 9.47 Å². The minimum atomic E-state index is -0.292. The van der Waals surface area contributed by atoms with Crippen LogP contribution in [0.3, 0.4) is 0 Å². The highest BCUT2D eigenvalue weighted by molar-refractivity contribution is 7.03. The molecule has 21 heavy (non-hydrogen) atoms. The Bertz CT molecular complexity index is 763. The number of amidine groups is 1. The van der Waals surface area contributed by atoms with Gasteiger partial charge >= 0.3 is 0 Å². The van der Waals surface area contributed by atoms with E-state index in [1.54, 1.807) is 24.3 Å². The van der Waals surface area contributed by atoms with Crippen LogP contribution in [0.5, 0.6) is 0 Å². The van der Waals surface area contributed by atoms with Gasteiger partial charge in [-0.25, -0.2) is 4.39 Å². The van der Waals surface area contributed by atoms with Crippen molar-refractivity contribution in [1.29, 1.82) is 0 Å². The first-order valence-electron chi connectivity index (χ1n) is 6.24. The van der Waals surface area contributed by atoms with Crippen molar-refractivity contribution in [2.45, 2.75) is 6.54 Å². The Morgan fingerprint density at radius 3 is 2.95 bits per heavy atom. The first-order valence-corrected chi connectivity index (χ1v) is 7.07. The lowest BCUT2D eigenvalue weighted by Crippen LogP contribution is -2.14. The van der Waals surface area contributed by atoms with Crippen molar-refractivity contribution in [3.8, 4) is 11.4 Å². The zero-order valence-corrected chi connectivity index (χ0v) is 11.8. The maximum absolute atomic E-state index is 13.5. The van der Waals surface area contributed by atoms with E-state index in [2.05, 4.69) is 19.6 Å². The molecule has 0 atom stereocenters. The highest BCUT2D eigenvalue weighted by atomic mass is 32.1. The lowest BCUT2D eigenvalue weighted by Gasteiger charge is -1.99. The predicted octanol–water partition coefficient (Wildman–Crippen LogP) is 2.58. The number of rotatable bonds is 4. The number of hydrogen-bond acceptors (Lipinski definition) is 4. The molecular formula is C14H12FN5S. The predicted molar refractivity (Wildman–Crippen MR) is 80.5 cm³/mol. The van der Waals surface area contributed by atoms with Crippen molar-refractivity contribution < 1.29 is 4.39 Å². The van der Waals surface area contributed by atoms with Crippen LogP contribution in [0.15, 0.2) is 46.8 Å². The summed E-state index contributed by atoms with van der Waals surface area (Å²) < 4.78 is 17.7. The molecule has 0 unspecified atom stereocenters. The fraction of sp³-hybridized carbons (Fsp3) is 0.0714. The summed E-state index contributed by atoms with van der Waals surface area (Å²) in [6, 6.07) is 10.1. The fourth-order valence-electron chi connectivity index (χ4n) is 1.81. The monoisotopic (exact) mass is 301 g/mol. The molecule has 0 aliphatic heterocycles. The van der Waals surface area contributed by atoms with E-state index >= 15 is 0 Å². The molecule has 0 aliphatic rings. The standard InChI is InChI=1S/C14H12FN5S/c15-10-4-2-1-3-9(10)8-17-14(16)13-7-12(18-19-13)11-5-6-21-20-11/h1-7H,8H2,(H2,16,17)(H,18,19). The van der Waals surface area contributed by atoms with E-state index in [1.807, 2.05) is 11.4 Å². The van der Waals surface area contributed by atoms with Crippen LogP contribution in [0.4, 0.5) is 4.39 Å². The third kappa shape index (κ3) is 2.97. The van der Waals surface area contributed by atoms with Crippen LogP contribution in [0.25, 0.3) is 11.4 Å². The largest absolute Gasteiger partial charge is 0.382 e. The second-order valence-electron chi connectivity index (χ2n) is 4.34. The summed E-state index contributed by atoms with van der Waals surface area (Å²) in [6.07, 6.45) is 0. The van der Waals surface area contributed by atoms with Gasteiger partial charge in [0.2, 0.25) is 0 Å². The van der Waals surface area contributed by atoms with Crippen molar-refractivity contribution in [2.75, 3.05) is 0 Å². The first-order chi connectivity index (χ1) is 10.2. The van der Waals surface area contributed by atoms with Gasteiger partial charge in [0.1, 0.15) is 23.0 Å². The Morgan fingerprint density at radius 1 is 1.33 bits per heavy atom. The van der Waals surface area contributed by atoms with Crippen molar-refractivity contribution in [1.82, 2.24) is 14.6 Å². The Morgan fingerprint density at radius 2 is 2.19 bits per heavy atom. The van der Waals surface area contributed by atoms with Gasteiger partial charge in [0.05, 0.1) is 12.2 Å². The summed E-state index contributed by atoms with van der Waals surface area (Å²) in [4.78, 5) is 4.17. The molecule has 1 aromatic carbocycles. The zero-order chi connectivity index (χ0) is 14.7. The first kappa shape index (κ1) is 13.4. The van der Waals surface area contributed by atoms with Crippen LogP contribution in [0, 0.1) is 5.82 Å². The van der Waals surface area contributed by atoms with Crippen LogP contribution in [-0.4, -0.2) is 20.4 Å². The third-order valence-corrected chi connectivity index (χ3v) is 3.49. The summed E-state index contributed by atoms with van der Waals surface area (Å²) in [7, 11) is 0. The molecule has 106 valence electrons. The fourth-order valence-corrected chi connectivity index (χ4v) is 2.34. The van der Waals surface area contributed by atoms with Crippen LogP contribution < -0.4 is 5.73 Å². The number of H-pyrrole nitrogens is 1. The van der Waals surface area contributed by atoms with Gasteiger partial charge < -0.3 is 5.73 Å². The van der Waals surface area contributed by atoms with E-state index in [9.17, 15) is 4.39 Å². The molecule has 3 N–H and O–H groups in total. The molecular weight excluding hydrogens is 289 g/mol. The maximum Gasteiger partial charge on any atom is 0.146 e. The number of aromatic nitrogens is 3. The zero-order valence-electron chi connectivity index (χ0n) is 11.0. The Kier molecular flexibility index (Phi) is 3.74. The van der Waals surface area contributed by atoms with Crippen molar-refractivity contribution in [3.05, 3.63) is 58.9 Å². The van der Waals surface area contributed by atoms with E-state index in [-0.39, 0.29) is 18.2 Å². The molecule has 5 nitrogen and oxygen atoms in total. The molecule has 2 aromatic heterocycles. The number of aromatic amines is 1. The van der Waals surface area contributed by atoms with Crippen molar-refractivity contribution in [3.63, 3.8) is 0 Å². The smallest absolute Gasteiger partial charge is 0.146 e. The van der Waals surface area contributed by atoms with Gasteiger partial charge in [-0.1, -0.05) is 18.2 Å². The molecule has 0 radical (unpaired) electrons. The van der Waals surface area contributed by atoms with E-state index < -0.39 is 0 Å². The van der Waals surface area contributed by atoms with Crippen LogP contribution >= 0.6 is 11.5 Å². The van der Waals surface area contributed by atoms with Gasteiger partial charge in [0, 0.05) is 10.9 Å². The molecule has 3 rings (SSSR count). The van der Waals surface area contributed by atoms with Crippen LogP contribution in [0.2, 0.25) is 0 Å². The molecule has 0 saturated carbocycles. The highest BCUT2D eigenvalue weighted by Gasteiger charge is 2.08. The van der Waals surface area contributed by atoms with Crippen molar-refractivity contribution >= 4 is 17.4 Å². The molecule has 0 aliphatic carbocycles. The average molecular weight is 301 g/mol. The second-order valence-corrected chi connectivity index (χ2v) is 5.01. The SMILES string of the molecule is NC(=NCc1ccccc1F)c1cc(-c2ccsn2)[nH]n1. The van der Waals surface area contributed by atoms with Gasteiger partial charge in [0.15, 0.2) is 0 Å². The summed E-state index contributed by atoms with van der Waals surface area (Å²) >= 11 is 1.36. The number of halogens is 1. The van der Waals surface area contributed by atoms with E-state index in [1.165, 1.54) is 17.6 Å². The van der Waals surface area contributed by atoms with E-state index in [0.717, 1.165) is 11.4 Å². The summed E-state index contributed by atoms with van der Waals surface area (Å²) in [5, 5.41) is 8.84. The van der Waals surface area contributed by atoms with Crippen LogP contribution in [-0.2, 0) is 6.54 Å². The molecule has 7 heteroatoms. The number of nitrogens with one attached hydrogen (secondary N) is 1. The Balaban J connectivity index is 1.78. The Labute approximate surface area is 124 Å². The van der Waals surface area contributed by atoms with Crippen molar-refractivity contribution in [2.24, 2.45) is 10.7 Å². The molecule has 0 amide bonds. The maximum atomic E-state index is 13.5. The molecule has 2 heterocycles. The average Bonchev–Trinajstić information content (AvgIpc) is 3.16. The van der Waals surface area contributed by atoms with Gasteiger partial charge in [-0.15, -0.1) is 0 Å². The summed E-state index contributed by atoms with van der Waals surface area (Å²) in [5.41, 5.74) is 8.49. The lowest BCUT2D eigenvalue weighted by atomic mass is 10.2. The number of benzene rings is 1. The van der Waals surface area contributed by atoms with Gasteiger partial charge in [-0.3, -0.25) is 10.1 Å². The lowest BCUT2D eigenvalue weighted by molar-refractivity contribution is 0.611. The molecule has 0 bridgehead atoms. The molecule has 0 fully saturated rings. The third-order valence-electron chi connectivity index (χ3n) is 2.93. The van der Waals surface area contributed by atoms with E-state index in [0.29, 0.717) is 11.3 Å². The Hall–Kier alpha value is -2.54. The molecule has 0 spiro atoms. The quantitative estimate of drug-likeness (QED) is 0.574. The summed E-state index contributed by atoms with van der Waals surface area (Å²) in [6.45, 7) is 0.178. The van der Waals surface area contributed by atoms with Crippen LogP contribution in [0.1, 0.15) is 11.3 Å². The topological polar surface area (TPSA) is 80.0 Å². The number of nitrogens with zero attached hydrogens (tertiary/aromatic N) is 3. The normalized spacial score (nSPS) is 11.8. The van der Waals surface area contributed by atoms with Gasteiger partial charge in [-0.05, 0) is 29.7 Å². The minimum absolute atomic E-state index is 0.178. The summed E-state index contributed by atoms with van der Waals surface area (Å²) in [5.74, 6) is -0.0322.